The van der Waals surface area contributed by atoms with E-state index in [-0.39, 0.29) is 17.9 Å². The molecule has 0 unspecified atom stereocenters. The van der Waals surface area contributed by atoms with E-state index in [0.717, 1.165) is 16.6 Å². The Kier molecular flexibility index (Phi) is 6.15. The topological polar surface area (TPSA) is 77.8 Å². The van der Waals surface area contributed by atoms with Gasteiger partial charge in [-0.25, -0.2) is 0 Å². The molecule has 166 valence electrons. The number of hydrogen-bond acceptors (Lipinski definition) is 5. The van der Waals surface area contributed by atoms with E-state index in [0.29, 0.717) is 23.2 Å². The van der Waals surface area contributed by atoms with Gasteiger partial charge in [0.2, 0.25) is 0 Å². The fourth-order valence-electron chi connectivity index (χ4n) is 4.28. The molecular weight excluding hydrogens is 406 g/mol. The predicted octanol–water partition coefficient (Wildman–Crippen LogP) is 4.20. The third-order valence-corrected chi connectivity index (χ3v) is 5.73. The predicted molar refractivity (Wildman–Crippen MR) is 124 cm³/mol. The Balaban J connectivity index is 1.95. The van der Waals surface area contributed by atoms with Crippen LogP contribution in [0.15, 0.2) is 59.4 Å². The first-order valence-electron chi connectivity index (χ1n) is 10.8. The van der Waals surface area contributed by atoms with E-state index in [1.165, 1.54) is 0 Å². The van der Waals surface area contributed by atoms with Crippen LogP contribution in [-0.2, 0) is 9.53 Å². The molecule has 1 aliphatic heterocycles. The minimum Gasteiger partial charge on any atom is -0.497 e. The van der Waals surface area contributed by atoms with Gasteiger partial charge < -0.3 is 14.6 Å². The number of ether oxygens (including phenoxy) is 2. The zero-order chi connectivity index (χ0) is 22.8. The number of nitrogens with zero attached hydrogens (tertiary/aromatic N) is 1. The van der Waals surface area contributed by atoms with Crippen molar-refractivity contribution in [3.05, 3.63) is 76.2 Å². The van der Waals surface area contributed by atoms with Crippen LogP contribution in [0.2, 0.25) is 0 Å². The van der Waals surface area contributed by atoms with Gasteiger partial charge in [-0.15, -0.1) is 0 Å². The van der Waals surface area contributed by atoms with Crippen molar-refractivity contribution in [3.8, 4) is 11.4 Å². The molecule has 1 aliphatic rings. The lowest BCUT2D eigenvalue weighted by Gasteiger charge is -2.24. The number of esters is 1. The Morgan fingerprint density at radius 2 is 1.78 bits per heavy atom. The molecule has 2 heterocycles. The molecule has 2 atom stereocenters. The molecular formula is C26H27NO5. The molecule has 2 aromatic carbocycles. The molecule has 4 rings (SSSR count). The van der Waals surface area contributed by atoms with E-state index in [9.17, 15) is 14.7 Å². The van der Waals surface area contributed by atoms with E-state index in [2.05, 4.69) is 13.8 Å². The van der Waals surface area contributed by atoms with Crippen molar-refractivity contribution in [2.24, 2.45) is 0 Å². The summed E-state index contributed by atoms with van der Waals surface area (Å²) in [5.41, 5.74) is 2.33. The van der Waals surface area contributed by atoms with Gasteiger partial charge in [-0.2, -0.15) is 0 Å². The van der Waals surface area contributed by atoms with Gasteiger partial charge in [0.15, 0.2) is 0 Å². The van der Waals surface area contributed by atoms with Crippen LogP contribution in [0, 0.1) is 0 Å². The highest BCUT2D eigenvalue weighted by Gasteiger charge is 2.26. The van der Waals surface area contributed by atoms with Crippen LogP contribution in [-0.4, -0.2) is 35.0 Å². The van der Waals surface area contributed by atoms with E-state index in [4.69, 9.17) is 9.47 Å². The number of hydrogen-bond donors (Lipinski definition) is 1. The summed E-state index contributed by atoms with van der Waals surface area (Å²) < 4.78 is 12.3. The lowest BCUT2D eigenvalue weighted by molar-refractivity contribution is -0.156. The van der Waals surface area contributed by atoms with Crippen LogP contribution >= 0.6 is 0 Å². The van der Waals surface area contributed by atoms with Gasteiger partial charge in [0.25, 0.3) is 5.56 Å². The quantitative estimate of drug-likeness (QED) is 0.610. The molecule has 0 bridgehead atoms. The summed E-state index contributed by atoms with van der Waals surface area (Å²) in [6, 6.07) is 14.9. The molecule has 32 heavy (non-hydrogen) atoms. The Morgan fingerprint density at radius 1 is 1.09 bits per heavy atom. The smallest absolute Gasteiger partial charge is 0.309 e. The van der Waals surface area contributed by atoms with Crippen LogP contribution in [0.3, 0.4) is 0 Å². The first-order valence-corrected chi connectivity index (χ1v) is 10.8. The summed E-state index contributed by atoms with van der Waals surface area (Å²) in [5.74, 6) is 0.407. The second-order valence-electron chi connectivity index (χ2n) is 8.32. The largest absolute Gasteiger partial charge is 0.497 e. The number of cyclic esters (lactones) is 1. The van der Waals surface area contributed by atoms with Gasteiger partial charge in [0.05, 0.1) is 25.3 Å². The molecule has 0 amide bonds. The van der Waals surface area contributed by atoms with Gasteiger partial charge in [-0.05, 0) is 59.4 Å². The number of carbonyl (C=O) groups is 1. The second kappa shape index (κ2) is 9.01. The number of rotatable bonds is 5. The summed E-state index contributed by atoms with van der Waals surface area (Å²) in [6.45, 7) is 4.18. The first-order chi connectivity index (χ1) is 15.4. The van der Waals surface area contributed by atoms with Crippen molar-refractivity contribution in [1.29, 1.82) is 0 Å². The van der Waals surface area contributed by atoms with E-state index in [1.54, 1.807) is 17.8 Å². The third-order valence-electron chi connectivity index (χ3n) is 5.73. The molecule has 6 heteroatoms. The van der Waals surface area contributed by atoms with Crippen LogP contribution in [0.25, 0.3) is 22.5 Å². The molecule has 0 spiro atoms. The van der Waals surface area contributed by atoms with Crippen molar-refractivity contribution in [2.75, 3.05) is 7.11 Å². The summed E-state index contributed by atoms with van der Waals surface area (Å²) in [5, 5.41) is 11.5. The van der Waals surface area contributed by atoms with Crippen LogP contribution in [0.1, 0.15) is 43.9 Å². The molecule has 0 saturated carbocycles. The number of pyridine rings is 1. The summed E-state index contributed by atoms with van der Waals surface area (Å²) in [6.07, 6.45) is 2.67. The molecule has 1 saturated heterocycles. The van der Waals surface area contributed by atoms with Gasteiger partial charge in [-0.1, -0.05) is 32.0 Å². The maximum Gasteiger partial charge on any atom is 0.309 e. The fraction of sp³-hybridized carbons (Fsp3) is 0.308. The Morgan fingerprint density at radius 3 is 2.41 bits per heavy atom. The minimum atomic E-state index is -0.726. The molecule has 1 fully saturated rings. The second-order valence-corrected chi connectivity index (χ2v) is 8.32. The van der Waals surface area contributed by atoms with Crippen molar-refractivity contribution in [2.45, 2.75) is 44.8 Å². The number of aliphatic hydroxyl groups is 1. The highest BCUT2D eigenvalue weighted by molar-refractivity contribution is 5.88. The number of benzene rings is 2. The summed E-state index contributed by atoms with van der Waals surface area (Å²) in [4.78, 5) is 25.4. The van der Waals surface area contributed by atoms with E-state index < -0.39 is 18.2 Å². The van der Waals surface area contributed by atoms with Crippen LogP contribution < -0.4 is 10.3 Å². The number of fused-ring (bicyclic) bond motifs is 1. The Hall–Kier alpha value is -3.38. The van der Waals surface area contributed by atoms with E-state index >= 15 is 0 Å². The van der Waals surface area contributed by atoms with Crippen molar-refractivity contribution in [1.82, 2.24) is 4.57 Å². The Labute approximate surface area is 186 Å². The molecule has 3 aromatic rings. The van der Waals surface area contributed by atoms with Crippen LogP contribution in [0.5, 0.6) is 5.75 Å². The average Bonchev–Trinajstić information content (AvgIpc) is 2.77. The molecule has 1 aromatic heterocycles. The molecule has 1 N–H and O–H groups in total. The first kappa shape index (κ1) is 21.8. The lowest BCUT2D eigenvalue weighted by Crippen LogP contribution is -2.31. The van der Waals surface area contributed by atoms with Crippen molar-refractivity contribution < 1.29 is 19.4 Å². The van der Waals surface area contributed by atoms with Crippen LogP contribution in [0.4, 0.5) is 0 Å². The molecule has 0 aliphatic carbocycles. The highest BCUT2D eigenvalue weighted by atomic mass is 16.5. The van der Waals surface area contributed by atoms with Gasteiger partial charge in [0, 0.05) is 17.5 Å². The zero-order valence-electron chi connectivity index (χ0n) is 18.4. The number of carbonyl (C=O) groups excluding carboxylic acids is 1. The van der Waals surface area contributed by atoms with Gasteiger partial charge in [-0.3, -0.25) is 14.2 Å². The molecule has 6 nitrogen and oxygen atoms in total. The highest BCUT2D eigenvalue weighted by Crippen LogP contribution is 2.30. The maximum atomic E-state index is 13.6. The molecule has 0 radical (unpaired) electrons. The SMILES string of the molecule is COc1ccc(-n2c(/C=C/[C@@H]3C[C@@H](O)CC(=O)O3)c(C(C)C)c3ccccc3c2=O)cc1. The van der Waals surface area contributed by atoms with Crippen molar-refractivity contribution in [3.63, 3.8) is 0 Å². The number of aromatic nitrogens is 1. The lowest BCUT2D eigenvalue weighted by atomic mass is 9.93. The average molecular weight is 434 g/mol. The van der Waals surface area contributed by atoms with Gasteiger partial charge in [0.1, 0.15) is 11.9 Å². The third kappa shape index (κ3) is 4.18. The van der Waals surface area contributed by atoms with Crippen molar-refractivity contribution >= 4 is 22.8 Å². The summed E-state index contributed by atoms with van der Waals surface area (Å²) in [7, 11) is 1.60. The monoisotopic (exact) mass is 433 g/mol. The zero-order valence-corrected chi connectivity index (χ0v) is 18.4. The fourth-order valence-corrected chi connectivity index (χ4v) is 4.28. The number of methoxy groups -OCH3 is 1. The normalized spacial score (nSPS) is 19.0. The van der Waals surface area contributed by atoms with Gasteiger partial charge >= 0.3 is 5.97 Å². The number of aliphatic hydroxyl groups excluding tert-OH is 1. The standard InChI is InChI=1S/C26H27NO5/c1-16(2)25-21-6-4-5-7-22(21)26(30)27(17-8-10-19(31-3)11-9-17)23(25)13-12-20-14-18(28)15-24(29)32-20/h4-13,16,18,20,28H,14-15H2,1-3H3/b13-12+/t18-,20-/m1/s1. The maximum absolute atomic E-state index is 13.6. The summed E-state index contributed by atoms with van der Waals surface area (Å²) >= 11 is 0. The minimum absolute atomic E-state index is 0.00805. The Bertz CT molecular complexity index is 1220. The van der Waals surface area contributed by atoms with E-state index in [1.807, 2.05) is 54.6 Å².